The first-order chi connectivity index (χ1) is 21.7. The van der Waals surface area contributed by atoms with Crippen LogP contribution in [0.2, 0.25) is 0 Å². The molecule has 5 aromatic carbocycles. The van der Waals surface area contributed by atoms with Crippen molar-refractivity contribution in [2.45, 2.75) is 37.8 Å². The number of rotatable bonds is 10. The number of hydrogen-bond acceptors (Lipinski definition) is 8. The molecule has 5 aromatic rings. The van der Waals surface area contributed by atoms with Gasteiger partial charge in [-0.2, -0.15) is 10.0 Å². The lowest BCUT2D eigenvalue weighted by atomic mass is 9.92. The minimum absolute atomic E-state index is 0.194. The van der Waals surface area contributed by atoms with Crippen LogP contribution in [0, 0.1) is 10.8 Å². The Bertz CT molecular complexity index is 1660. The third kappa shape index (κ3) is 5.68. The minimum Gasteiger partial charge on any atom is -0.376 e. The van der Waals surface area contributed by atoms with E-state index in [0.29, 0.717) is 0 Å². The fourth-order valence-corrected chi connectivity index (χ4v) is 6.46. The summed E-state index contributed by atoms with van der Waals surface area (Å²) < 4.78 is 0. The van der Waals surface area contributed by atoms with Crippen LogP contribution in [0.25, 0.3) is 21.5 Å². The fraction of sp³-hybridized carbons (Fsp3) is 0.222. The molecule has 0 amide bonds. The summed E-state index contributed by atoms with van der Waals surface area (Å²) in [7, 11) is 0. The smallest absolute Gasteiger partial charge is 0.231 e. The Morgan fingerprint density at radius 1 is 0.545 bits per heavy atom. The van der Waals surface area contributed by atoms with E-state index in [-0.39, 0.29) is 23.9 Å². The van der Waals surface area contributed by atoms with Gasteiger partial charge in [0.2, 0.25) is 11.8 Å². The van der Waals surface area contributed by atoms with Gasteiger partial charge in [0.25, 0.3) is 0 Å². The summed E-state index contributed by atoms with van der Waals surface area (Å²) in [5.41, 5.74) is 10.6. The minimum atomic E-state index is -0.323. The number of benzene rings is 5. The van der Waals surface area contributed by atoms with Gasteiger partial charge in [0, 0.05) is 13.1 Å². The van der Waals surface area contributed by atoms with Gasteiger partial charge in [0.05, 0.1) is 0 Å². The third-order valence-corrected chi connectivity index (χ3v) is 8.62. The van der Waals surface area contributed by atoms with Gasteiger partial charge >= 0.3 is 0 Å². The van der Waals surface area contributed by atoms with Gasteiger partial charge in [-0.1, -0.05) is 108 Å². The van der Waals surface area contributed by atoms with E-state index in [1.165, 1.54) is 11.1 Å². The highest BCUT2D eigenvalue weighted by atomic mass is 16.7. The average Bonchev–Trinajstić information content (AvgIpc) is 3.61. The van der Waals surface area contributed by atoms with Crippen LogP contribution in [0.4, 0.5) is 0 Å². The summed E-state index contributed by atoms with van der Waals surface area (Å²) in [4.78, 5) is 11.1. The van der Waals surface area contributed by atoms with Crippen molar-refractivity contribution in [1.29, 1.82) is 10.8 Å². The number of nitrogens with one attached hydrogen (secondary N) is 4. The summed E-state index contributed by atoms with van der Waals surface area (Å²) in [5.74, 6) is 0.389. The van der Waals surface area contributed by atoms with E-state index in [1.807, 2.05) is 22.2 Å². The number of fused-ring (bicyclic) bond motifs is 2. The van der Waals surface area contributed by atoms with Crippen LogP contribution in [-0.2, 0) is 22.5 Å². The van der Waals surface area contributed by atoms with E-state index in [2.05, 4.69) is 108 Å². The van der Waals surface area contributed by atoms with Crippen molar-refractivity contribution < 1.29 is 9.68 Å². The molecule has 2 saturated heterocycles. The first kappa shape index (κ1) is 28.2. The average molecular weight is 585 g/mol. The van der Waals surface area contributed by atoms with E-state index < -0.39 is 0 Å². The van der Waals surface area contributed by atoms with Crippen molar-refractivity contribution in [3.63, 3.8) is 0 Å². The quantitative estimate of drug-likeness (QED) is 0.135. The maximum atomic E-state index is 8.64. The van der Waals surface area contributed by atoms with Crippen LogP contribution in [0.1, 0.15) is 47.2 Å². The Morgan fingerprint density at radius 3 is 1.41 bits per heavy atom. The Kier molecular flexibility index (Phi) is 8.04. The van der Waals surface area contributed by atoms with Crippen LogP contribution in [0.5, 0.6) is 0 Å². The van der Waals surface area contributed by atoms with Gasteiger partial charge in [0.1, 0.15) is 12.1 Å². The molecule has 0 spiro atoms. The van der Waals surface area contributed by atoms with Crippen molar-refractivity contribution >= 4 is 33.3 Å². The molecule has 2 aliphatic heterocycles. The molecule has 0 aliphatic carbocycles. The first-order valence-corrected chi connectivity index (χ1v) is 15.2. The normalized spacial score (nSPS) is 19.1. The third-order valence-electron chi connectivity index (χ3n) is 8.62. The monoisotopic (exact) mass is 584 g/mol. The molecule has 0 aromatic heterocycles. The first-order valence-electron chi connectivity index (χ1n) is 15.2. The molecule has 2 atom stereocenters. The van der Waals surface area contributed by atoms with Crippen molar-refractivity contribution in [1.82, 2.24) is 21.2 Å². The van der Waals surface area contributed by atoms with Gasteiger partial charge in [-0.3, -0.25) is 10.8 Å². The van der Waals surface area contributed by atoms with Gasteiger partial charge in [-0.25, -0.2) is 0 Å². The SMILES string of the molecule is N=C1ONN(CCCc2ccccc2)C1c1cccc2cc3c(C4C(=N)ONN4CCCc4ccccc4)cccc3cc12. The Hall–Kier alpha value is -4.60. The van der Waals surface area contributed by atoms with Crippen LogP contribution < -0.4 is 11.2 Å². The zero-order chi connectivity index (χ0) is 29.9. The molecule has 0 saturated carbocycles. The number of hydrazine groups is 2. The summed E-state index contributed by atoms with van der Waals surface area (Å²) >= 11 is 0. The van der Waals surface area contributed by atoms with Gasteiger partial charge in [-0.05, 0) is 81.6 Å². The highest BCUT2D eigenvalue weighted by Gasteiger charge is 2.36. The molecule has 2 fully saturated rings. The lowest BCUT2D eigenvalue weighted by Crippen LogP contribution is -2.34. The highest BCUT2D eigenvalue weighted by molar-refractivity contribution is 6.04. The topological polar surface area (TPSA) is 96.7 Å². The zero-order valence-electron chi connectivity index (χ0n) is 24.5. The van der Waals surface area contributed by atoms with Gasteiger partial charge in [-0.15, -0.1) is 0 Å². The van der Waals surface area contributed by atoms with E-state index in [4.69, 9.17) is 20.5 Å². The molecule has 7 rings (SSSR count). The molecular weight excluding hydrogens is 548 g/mol. The molecule has 222 valence electrons. The Balaban J connectivity index is 1.16. The molecule has 0 bridgehead atoms. The second-order valence-corrected chi connectivity index (χ2v) is 11.5. The van der Waals surface area contributed by atoms with Crippen LogP contribution in [-0.4, -0.2) is 34.9 Å². The Morgan fingerprint density at radius 2 is 0.977 bits per heavy atom. The molecule has 44 heavy (non-hydrogen) atoms. The number of aryl methyl sites for hydroxylation is 2. The molecular formula is C36H36N6O2. The van der Waals surface area contributed by atoms with Crippen molar-refractivity contribution in [3.8, 4) is 0 Å². The number of hydrogen-bond donors (Lipinski definition) is 4. The van der Waals surface area contributed by atoms with Crippen molar-refractivity contribution in [2.24, 2.45) is 0 Å². The largest absolute Gasteiger partial charge is 0.376 e. The maximum absolute atomic E-state index is 8.64. The summed E-state index contributed by atoms with van der Waals surface area (Å²) in [6.45, 7) is 1.49. The van der Waals surface area contributed by atoms with E-state index in [1.54, 1.807) is 0 Å². The zero-order valence-corrected chi connectivity index (χ0v) is 24.5. The molecule has 2 unspecified atom stereocenters. The molecule has 8 heteroatoms. The van der Waals surface area contributed by atoms with Gasteiger partial charge < -0.3 is 9.68 Å². The number of nitrogens with zero attached hydrogens (tertiary/aromatic N) is 2. The van der Waals surface area contributed by atoms with Crippen LogP contribution in [0.15, 0.2) is 109 Å². The van der Waals surface area contributed by atoms with Crippen LogP contribution >= 0.6 is 0 Å². The maximum Gasteiger partial charge on any atom is 0.231 e. The van der Waals surface area contributed by atoms with Crippen molar-refractivity contribution in [2.75, 3.05) is 13.1 Å². The molecule has 0 radical (unpaired) electrons. The lowest BCUT2D eigenvalue weighted by Gasteiger charge is -2.23. The fourth-order valence-electron chi connectivity index (χ4n) is 6.46. The van der Waals surface area contributed by atoms with E-state index >= 15 is 0 Å². The molecule has 2 heterocycles. The highest BCUT2D eigenvalue weighted by Crippen LogP contribution is 2.37. The van der Waals surface area contributed by atoms with E-state index in [9.17, 15) is 0 Å². The molecule has 8 nitrogen and oxygen atoms in total. The second kappa shape index (κ2) is 12.6. The van der Waals surface area contributed by atoms with Crippen LogP contribution in [0.3, 0.4) is 0 Å². The molecule has 2 aliphatic rings. The van der Waals surface area contributed by atoms with E-state index in [0.717, 1.165) is 71.4 Å². The predicted octanol–water partition coefficient (Wildman–Crippen LogP) is 6.80. The second-order valence-electron chi connectivity index (χ2n) is 11.5. The van der Waals surface area contributed by atoms with Gasteiger partial charge in [0.15, 0.2) is 0 Å². The summed E-state index contributed by atoms with van der Waals surface area (Å²) in [6, 6.07) is 37.3. The Labute approximate surface area is 257 Å². The summed E-state index contributed by atoms with van der Waals surface area (Å²) in [6.07, 6.45) is 3.79. The predicted molar refractivity (Wildman–Crippen MR) is 174 cm³/mol. The summed E-state index contributed by atoms with van der Waals surface area (Å²) in [5, 5.41) is 25.7. The standard InChI is InChI=1S/C36H36N6O2/c37-35-33(41(39-43-35)21-9-15-25-11-3-1-4-12-25)29-19-7-17-27-24-32-28(23-31(27)29)18-8-20-30(32)34-36(38)44-40-42(34)22-10-16-26-13-5-2-6-14-26/h1-8,11-14,17-20,23-24,33-34,37-40H,9-10,15-16,21-22H2. The lowest BCUT2D eigenvalue weighted by molar-refractivity contribution is 0.0386. The van der Waals surface area contributed by atoms with Crippen molar-refractivity contribution in [3.05, 3.63) is 131 Å². The molecule has 4 N–H and O–H groups in total.